The van der Waals surface area contributed by atoms with E-state index >= 15 is 0 Å². The van der Waals surface area contributed by atoms with Crippen molar-refractivity contribution in [2.75, 3.05) is 27.2 Å². The van der Waals surface area contributed by atoms with Crippen LogP contribution in [0.15, 0.2) is 17.3 Å². The lowest BCUT2D eigenvalue weighted by Crippen LogP contribution is -2.44. The molecule has 0 atom stereocenters. The van der Waals surface area contributed by atoms with Crippen molar-refractivity contribution >= 4 is 17.6 Å². The van der Waals surface area contributed by atoms with E-state index in [9.17, 15) is 0 Å². The zero-order valence-electron chi connectivity index (χ0n) is 14.0. The van der Waals surface area contributed by atoms with E-state index in [4.69, 9.17) is 11.6 Å². The van der Waals surface area contributed by atoms with Gasteiger partial charge in [0, 0.05) is 51.7 Å². The Morgan fingerprint density at radius 2 is 2.05 bits per heavy atom. The fourth-order valence-electron chi connectivity index (χ4n) is 2.04. The Kier molecular flexibility index (Phi) is 6.55. The Morgan fingerprint density at radius 1 is 1.38 bits per heavy atom. The summed E-state index contributed by atoms with van der Waals surface area (Å²) in [6, 6.07) is 1.98. The second-order valence-corrected chi connectivity index (χ2v) is 6.70. The molecule has 0 aliphatic heterocycles. The van der Waals surface area contributed by atoms with Gasteiger partial charge in [0.1, 0.15) is 0 Å². The van der Waals surface area contributed by atoms with Crippen molar-refractivity contribution < 1.29 is 0 Å². The molecule has 0 saturated carbocycles. The molecule has 0 fully saturated rings. The number of halogens is 1. The molecule has 1 rings (SSSR count). The number of rotatable bonds is 5. The number of nitrogens with zero attached hydrogens (tertiary/aromatic N) is 3. The van der Waals surface area contributed by atoms with E-state index < -0.39 is 0 Å². The highest BCUT2D eigenvalue weighted by molar-refractivity contribution is 6.30. The highest BCUT2D eigenvalue weighted by Gasteiger charge is 2.11. The summed E-state index contributed by atoms with van der Waals surface area (Å²) in [5.41, 5.74) is 1.29. The largest absolute Gasteiger partial charge is 0.355 e. The Morgan fingerprint density at radius 3 is 2.52 bits per heavy atom. The number of guanidine groups is 1. The lowest BCUT2D eigenvalue weighted by atomic mass is 10.1. The van der Waals surface area contributed by atoms with Crippen molar-refractivity contribution in [3.05, 3.63) is 23.0 Å². The summed E-state index contributed by atoms with van der Waals surface area (Å²) in [5, 5.41) is 7.57. The zero-order valence-corrected chi connectivity index (χ0v) is 14.8. The maximum atomic E-state index is 6.01. The van der Waals surface area contributed by atoms with E-state index in [1.54, 1.807) is 7.05 Å². The topological polar surface area (TPSA) is 44.6 Å². The summed E-state index contributed by atoms with van der Waals surface area (Å²) < 4.78 is 2.03. The molecular weight excluding hydrogens is 286 g/mol. The maximum Gasteiger partial charge on any atom is 0.193 e. The number of hydrogen-bond acceptors (Lipinski definition) is 2. The first-order valence-electron chi connectivity index (χ1n) is 7.20. The average molecular weight is 314 g/mol. The molecular formula is C15H28ClN5. The lowest BCUT2D eigenvalue weighted by molar-refractivity contribution is 0.420. The summed E-state index contributed by atoms with van der Waals surface area (Å²) in [6.07, 6.45) is 1.91. The van der Waals surface area contributed by atoms with E-state index in [0.717, 1.165) is 36.3 Å². The Labute approximate surface area is 133 Å². The van der Waals surface area contributed by atoms with Crippen LogP contribution in [0.3, 0.4) is 0 Å². The van der Waals surface area contributed by atoms with E-state index in [-0.39, 0.29) is 5.54 Å². The van der Waals surface area contributed by atoms with Crippen molar-refractivity contribution in [1.29, 1.82) is 0 Å². The quantitative estimate of drug-likeness (QED) is 0.497. The summed E-state index contributed by atoms with van der Waals surface area (Å²) in [6.45, 7) is 8.97. The highest BCUT2D eigenvalue weighted by atomic mass is 35.5. The third kappa shape index (κ3) is 6.40. The number of nitrogens with one attached hydrogen (secondary N) is 2. The fraction of sp³-hybridized carbons (Fsp3) is 0.667. The summed E-state index contributed by atoms with van der Waals surface area (Å²) in [5.74, 6) is 0.878. The lowest BCUT2D eigenvalue weighted by Gasteiger charge is -2.24. The molecule has 21 heavy (non-hydrogen) atoms. The van der Waals surface area contributed by atoms with Crippen LogP contribution in [0.1, 0.15) is 26.5 Å². The average Bonchev–Trinajstić information content (AvgIpc) is 2.66. The van der Waals surface area contributed by atoms with Crippen LogP contribution >= 0.6 is 11.6 Å². The predicted octanol–water partition coefficient (Wildman–Crippen LogP) is 2.07. The molecule has 120 valence electrons. The molecule has 1 aromatic heterocycles. The smallest absolute Gasteiger partial charge is 0.193 e. The van der Waals surface area contributed by atoms with Crippen LogP contribution in [0.5, 0.6) is 0 Å². The maximum absolute atomic E-state index is 6.01. The summed E-state index contributed by atoms with van der Waals surface area (Å²) in [4.78, 5) is 6.40. The van der Waals surface area contributed by atoms with Gasteiger partial charge in [-0.1, -0.05) is 11.6 Å². The standard InChI is InChI=1S/C15H28ClN5/c1-15(2,3)19-8-7-18-14(17-4)21(6)11-13-9-12(16)10-20(13)5/h9-10,19H,7-8,11H2,1-6H3,(H,17,18). The predicted molar refractivity (Wildman–Crippen MR) is 91.0 cm³/mol. The first-order valence-corrected chi connectivity index (χ1v) is 7.58. The molecule has 0 bridgehead atoms. The van der Waals surface area contributed by atoms with Gasteiger partial charge < -0.3 is 20.1 Å². The van der Waals surface area contributed by atoms with Crippen LogP contribution in [0.25, 0.3) is 0 Å². The minimum atomic E-state index is 0.136. The van der Waals surface area contributed by atoms with E-state index in [0.29, 0.717) is 0 Å². The third-order valence-corrected chi connectivity index (χ3v) is 3.32. The van der Waals surface area contributed by atoms with Gasteiger partial charge in [-0.25, -0.2) is 0 Å². The molecule has 1 heterocycles. The molecule has 0 amide bonds. The van der Waals surface area contributed by atoms with Crippen molar-refractivity contribution in [1.82, 2.24) is 20.1 Å². The molecule has 0 aliphatic rings. The molecule has 0 spiro atoms. The Balaban J connectivity index is 2.47. The fourth-order valence-corrected chi connectivity index (χ4v) is 2.31. The number of aryl methyl sites for hydroxylation is 1. The molecule has 6 heteroatoms. The number of aromatic nitrogens is 1. The summed E-state index contributed by atoms with van der Waals surface area (Å²) in [7, 11) is 5.82. The SMILES string of the molecule is CN=C(NCCNC(C)(C)C)N(C)Cc1cc(Cl)cn1C. The van der Waals surface area contributed by atoms with Crippen LogP contribution in [0, 0.1) is 0 Å². The van der Waals surface area contributed by atoms with Gasteiger partial charge in [0.05, 0.1) is 11.6 Å². The first-order chi connectivity index (χ1) is 9.73. The van der Waals surface area contributed by atoms with Gasteiger partial charge in [0.25, 0.3) is 0 Å². The summed E-state index contributed by atoms with van der Waals surface area (Å²) >= 11 is 6.01. The van der Waals surface area contributed by atoms with Gasteiger partial charge in [-0.05, 0) is 26.8 Å². The number of aliphatic imine (C=N–C) groups is 1. The molecule has 0 aromatic carbocycles. The highest BCUT2D eigenvalue weighted by Crippen LogP contribution is 2.14. The monoisotopic (exact) mass is 313 g/mol. The molecule has 0 radical (unpaired) electrons. The van der Waals surface area contributed by atoms with Crippen LogP contribution in [-0.2, 0) is 13.6 Å². The minimum Gasteiger partial charge on any atom is -0.355 e. The Bertz CT molecular complexity index is 473. The van der Waals surface area contributed by atoms with E-state index in [1.165, 1.54) is 0 Å². The Hall–Kier alpha value is -1.20. The molecule has 5 nitrogen and oxygen atoms in total. The normalized spacial score (nSPS) is 12.6. The van der Waals surface area contributed by atoms with E-state index in [2.05, 4.69) is 41.3 Å². The molecule has 1 aromatic rings. The van der Waals surface area contributed by atoms with Crippen molar-refractivity contribution in [2.45, 2.75) is 32.9 Å². The van der Waals surface area contributed by atoms with Gasteiger partial charge in [-0.15, -0.1) is 0 Å². The van der Waals surface area contributed by atoms with Crippen molar-refractivity contribution in [3.63, 3.8) is 0 Å². The van der Waals surface area contributed by atoms with Crippen LogP contribution in [0.4, 0.5) is 0 Å². The molecule has 2 N–H and O–H groups in total. The van der Waals surface area contributed by atoms with Gasteiger partial charge >= 0.3 is 0 Å². The van der Waals surface area contributed by atoms with Crippen LogP contribution < -0.4 is 10.6 Å². The van der Waals surface area contributed by atoms with Crippen LogP contribution in [0.2, 0.25) is 5.02 Å². The third-order valence-electron chi connectivity index (χ3n) is 3.11. The molecule has 0 saturated heterocycles. The minimum absolute atomic E-state index is 0.136. The zero-order chi connectivity index (χ0) is 16.0. The second kappa shape index (κ2) is 7.71. The number of hydrogen-bond donors (Lipinski definition) is 2. The molecule has 0 aliphatic carbocycles. The van der Waals surface area contributed by atoms with Crippen LogP contribution in [-0.4, -0.2) is 48.2 Å². The van der Waals surface area contributed by atoms with Crippen molar-refractivity contribution in [2.24, 2.45) is 12.0 Å². The van der Waals surface area contributed by atoms with Gasteiger partial charge in [-0.3, -0.25) is 4.99 Å². The van der Waals surface area contributed by atoms with Gasteiger partial charge in [-0.2, -0.15) is 0 Å². The molecule has 0 unspecified atom stereocenters. The second-order valence-electron chi connectivity index (χ2n) is 6.27. The first kappa shape index (κ1) is 17.9. The van der Waals surface area contributed by atoms with Gasteiger partial charge in [0.2, 0.25) is 0 Å². The van der Waals surface area contributed by atoms with Gasteiger partial charge in [0.15, 0.2) is 5.96 Å². The van der Waals surface area contributed by atoms with Crippen molar-refractivity contribution in [3.8, 4) is 0 Å². The van der Waals surface area contributed by atoms with E-state index in [1.807, 2.05) is 30.9 Å².